The van der Waals surface area contributed by atoms with Crippen molar-refractivity contribution in [3.63, 3.8) is 0 Å². The number of nitrogen functional groups attached to an aromatic ring is 1. The summed E-state index contributed by atoms with van der Waals surface area (Å²) in [4.78, 5) is 17.0. The first-order valence-electron chi connectivity index (χ1n) is 12.5. The van der Waals surface area contributed by atoms with Gasteiger partial charge in [-0.25, -0.2) is 0 Å². The molecule has 0 aliphatic heterocycles. The van der Waals surface area contributed by atoms with Gasteiger partial charge in [0.2, 0.25) is 0 Å². The van der Waals surface area contributed by atoms with Crippen LogP contribution in [0.25, 0.3) is 20.2 Å². The molecule has 42 heavy (non-hydrogen) atoms. The van der Waals surface area contributed by atoms with Crippen molar-refractivity contribution in [2.75, 3.05) is 20.0 Å². The molecule has 5 rings (SSSR count). The molecule has 210 valence electrons. The SMILES string of the molecule is COc1c(C#Cc2cc([N+](=O)[O-])c(C#Cc3sc(-c4cccs4)c(OC)c3C)cc2N)sc(-c2ccc(S)cc2)c1C. The summed E-state index contributed by atoms with van der Waals surface area (Å²) < 4.78 is 11.3. The average Bonchev–Trinajstić information content (AvgIpc) is 3.69. The van der Waals surface area contributed by atoms with Gasteiger partial charge < -0.3 is 15.2 Å². The Bertz CT molecular complexity index is 1930. The van der Waals surface area contributed by atoms with Crippen LogP contribution in [0.5, 0.6) is 11.5 Å². The molecule has 0 aliphatic rings. The van der Waals surface area contributed by atoms with Crippen molar-refractivity contribution in [2.24, 2.45) is 0 Å². The van der Waals surface area contributed by atoms with E-state index in [1.807, 2.05) is 55.6 Å². The fourth-order valence-electron chi connectivity index (χ4n) is 4.36. The van der Waals surface area contributed by atoms with Crippen LogP contribution in [0.1, 0.15) is 32.0 Å². The van der Waals surface area contributed by atoms with Gasteiger partial charge in [0.15, 0.2) is 0 Å². The summed E-state index contributed by atoms with van der Waals surface area (Å²) in [5, 5.41) is 14.0. The van der Waals surface area contributed by atoms with E-state index in [1.165, 1.54) is 34.8 Å². The van der Waals surface area contributed by atoms with Crippen molar-refractivity contribution in [1.29, 1.82) is 0 Å². The molecular weight excluding hydrogens is 605 g/mol. The van der Waals surface area contributed by atoms with E-state index in [9.17, 15) is 10.1 Å². The van der Waals surface area contributed by atoms with Crippen LogP contribution in [-0.4, -0.2) is 19.1 Å². The Morgan fingerprint density at radius 3 is 2.17 bits per heavy atom. The molecule has 0 atom stereocenters. The molecule has 0 saturated carbocycles. The quantitative estimate of drug-likeness (QED) is 0.0671. The number of thiol groups is 1. The van der Waals surface area contributed by atoms with Gasteiger partial charge in [-0.05, 0) is 60.9 Å². The topological polar surface area (TPSA) is 87.6 Å². The molecule has 0 saturated heterocycles. The highest BCUT2D eigenvalue weighted by Gasteiger charge is 2.19. The lowest BCUT2D eigenvalue weighted by molar-refractivity contribution is -0.385. The van der Waals surface area contributed by atoms with Crippen molar-refractivity contribution in [1.82, 2.24) is 0 Å². The van der Waals surface area contributed by atoms with Crippen molar-refractivity contribution in [3.05, 3.63) is 96.0 Å². The molecule has 3 aromatic heterocycles. The zero-order chi connectivity index (χ0) is 30.0. The highest BCUT2D eigenvalue weighted by atomic mass is 32.1. The first kappa shape index (κ1) is 29.3. The van der Waals surface area contributed by atoms with Crippen LogP contribution in [0.15, 0.2) is 58.8 Å². The largest absolute Gasteiger partial charge is 0.495 e. The second-order valence-electron chi connectivity index (χ2n) is 9.08. The fraction of sp³-hybridized carbons (Fsp3) is 0.125. The fourth-order valence-corrected chi connectivity index (χ4v) is 7.62. The third kappa shape index (κ3) is 5.76. The minimum Gasteiger partial charge on any atom is -0.495 e. The number of anilines is 1. The summed E-state index contributed by atoms with van der Waals surface area (Å²) in [7, 11) is 3.23. The number of nitro groups is 1. The molecule has 6 nitrogen and oxygen atoms in total. The molecule has 3 heterocycles. The van der Waals surface area contributed by atoms with Gasteiger partial charge in [-0.2, -0.15) is 0 Å². The van der Waals surface area contributed by atoms with Crippen molar-refractivity contribution in [3.8, 4) is 55.4 Å². The minimum absolute atomic E-state index is 0.164. The maximum absolute atomic E-state index is 12.0. The number of nitrogens with zero attached hydrogens (tertiary/aromatic N) is 1. The normalized spacial score (nSPS) is 10.4. The van der Waals surface area contributed by atoms with E-state index in [4.69, 9.17) is 15.2 Å². The number of benzene rings is 2. The molecule has 10 heteroatoms. The van der Waals surface area contributed by atoms with Gasteiger partial charge in [0, 0.05) is 37.5 Å². The van der Waals surface area contributed by atoms with E-state index < -0.39 is 4.92 Å². The first-order valence-corrected chi connectivity index (χ1v) is 15.5. The number of rotatable bonds is 5. The zero-order valence-electron chi connectivity index (χ0n) is 23.0. The van der Waals surface area contributed by atoms with Gasteiger partial charge in [-0.1, -0.05) is 30.0 Å². The monoisotopic (exact) mass is 628 g/mol. The van der Waals surface area contributed by atoms with Gasteiger partial charge in [0.1, 0.15) is 21.9 Å². The van der Waals surface area contributed by atoms with E-state index in [2.05, 4.69) is 36.3 Å². The highest BCUT2D eigenvalue weighted by Crippen LogP contribution is 2.44. The molecule has 2 N–H and O–H groups in total. The molecule has 0 amide bonds. The number of nitro benzene ring substituents is 1. The van der Waals surface area contributed by atoms with Crippen molar-refractivity contribution >= 4 is 58.0 Å². The van der Waals surface area contributed by atoms with Gasteiger partial charge in [-0.15, -0.1) is 46.6 Å². The Morgan fingerprint density at radius 2 is 1.52 bits per heavy atom. The molecule has 0 fully saturated rings. The first-order chi connectivity index (χ1) is 20.2. The summed E-state index contributed by atoms with van der Waals surface area (Å²) in [6, 6.07) is 14.7. The van der Waals surface area contributed by atoms with Gasteiger partial charge in [0.25, 0.3) is 5.69 Å². The maximum atomic E-state index is 12.0. The molecular formula is C32H24N2O4S4. The third-order valence-corrected chi connectivity index (χ3v) is 10.2. The highest BCUT2D eigenvalue weighted by molar-refractivity contribution is 7.80. The molecule has 2 aromatic carbocycles. The van der Waals surface area contributed by atoms with Gasteiger partial charge in [0.05, 0.1) is 34.5 Å². The summed E-state index contributed by atoms with van der Waals surface area (Å²) in [5.74, 6) is 13.6. The van der Waals surface area contributed by atoms with E-state index in [0.29, 0.717) is 21.9 Å². The number of ether oxygens (including phenoxy) is 2. The number of thiophene rings is 3. The molecule has 0 aliphatic carbocycles. The maximum Gasteiger partial charge on any atom is 0.286 e. The second kappa shape index (κ2) is 12.4. The lowest BCUT2D eigenvalue weighted by Gasteiger charge is -2.02. The van der Waals surface area contributed by atoms with Crippen LogP contribution in [0.2, 0.25) is 0 Å². The average molecular weight is 629 g/mol. The Labute approximate surface area is 261 Å². The van der Waals surface area contributed by atoms with Crippen LogP contribution >= 0.6 is 46.6 Å². The summed E-state index contributed by atoms with van der Waals surface area (Å²) in [6.45, 7) is 3.91. The summed E-state index contributed by atoms with van der Waals surface area (Å²) >= 11 is 8.96. The predicted octanol–water partition coefficient (Wildman–Crippen LogP) is 8.42. The third-order valence-electron chi connectivity index (χ3n) is 6.45. The Kier molecular flexibility index (Phi) is 8.62. The standard InChI is InChI=1S/C32H24N2O4S4/c1-18-26(41-32(30(18)38-4)28-6-5-15-40-28)13-10-22-16-24(33)21(17-25(22)34(35)36)9-14-27-29(37-3)19(2)31(42-27)20-7-11-23(39)12-8-20/h5-8,11-12,15-17,39H,33H2,1-4H3. The van der Waals surface area contributed by atoms with E-state index in [0.717, 1.165) is 46.8 Å². The smallest absolute Gasteiger partial charge is 0.286 e. The van der Waals surface area contributed by atoms with Crippen LogP contribution in [0.4, 0.5) is 11.4 Å². The molecule has 0 bridgehead atoms. The van der Waals surface area contributed by atoms with E-state index >= 15 is 0 Å². The van der Waals surface area contributed by atoms with Crippen molar-refractivity contribution < 1.29 is 14.4 Å². The Morgan fingerprint density at radius 1 is 0.857 bits per heavy atom. The summed E-state index contributed by atoms with van der Waals surface area (Å²) in [6.07, 6.45) is 0. The van der Waals surface area contributed by atoms with Crippen LogP contribution in [0.3, 0.4) is 0 Å². The minimum atomic E-state index is -0.466. The number of hydrogen-bond acceptors (Lipinski definition) is 9. The molecule has 5 aromatic rings. The van der Waals surface area contributed by atoms with Crippen LogP contribution < -0.4 is 15.2 Å². The van der Waals surface area contributed by atoms with E-state index in [-0.39, 0.29) is 11.3 Å². The number of methoxy groups -OCH3 is 2. The van der Waals surface area contributed by atoms with Crippen molar-refractivity contribution in [2.45, 2.75) is 18.7 Å². The van der Waals surface area contributed by atoms with Gasteiger partial charge in [-0.3, -0.25) is 10.1 Å². The zero-order valence-corrected chi connectivity index (χ0v) is 26.4. The van der Waals surface area contributed by atoms with Crippen LogP contribution in [-0.2, 0) is 0 Å². The second-order valence-corrected chi connectivity index (χ2v) is 12.6. The Balaban J connectivity index is 1.52. The van der Waals surface area contributed by atoms with Gasteiger partial charge >= 0.3 is 0 Å². The molecule has 0 unspecified atom stereocenters. The summed E-state index contributed by atoms with van der Waals surface area (Å²) in [5.41, 5.74) is 9.91. The molecule has 0 radical (unpaired) electrons. The Hall–Kier alpha value is -4.19. The number of nitrogens with two attached hydrogens (primary N) is 1. The predicted molar refractivity (Wildman–Crippen MR) is 177 cm³/mol. The van der Waals surface area contributed by atoms with E-state index in [1.54, 1.807) is 25.6 Å². The molecule has 0 spiro atoms. The lowest BCUT2D eigenvalue weighted by atomic mass is 10.1. The lowest BCUT2D eigenvalue weighted by Crippen LogP contribution is -1.98. The van der Waals surface area contributed by atoms with Crippen LogP contribution in [0, 0.1) is 47.6 Å². The number of hydrogen-bond donors (Lipinski definition) is 2.